The molecule has 1 aliphatic heterocycles. The number of amides is 1. The number of anilines is 1. The van der Waals surface area contributed by atoms with Crippen molar-refractivity contribution in [3.8, 4) is 22.8 Å². The topological polar surface area (TPSA) is 67.8 Å². The van der Waals surface area contributed by atoms with E-state index in [1.165, 1.54) is 0 Å². The van der Waals surface area contributed by atoms with Crippen LogP contribution in [-0.4, -0.2) is 61.4 Å². The summed E-state index contributed by atoms with van der Waals surface area (Å²) in [6.07, 6.45) is 0.481. The number of benzene rings is 1. The first-order valence-electron chi connectivity index (χ1n) is 9.79. The molecule has 156 valence electrons. The van der Waals surface area contributed by atoms with E-state index < -0.39 is 0 Å². The highest BCUT2D eigenvalue weighted by molar-refractivity contribution is 7.10. The van der Waals surface area contributed by atoms with Crippen molar-refractivity contribution >= 4 is 23.1 Å². The molecule has 3 aromatic rings. The number of piperazine rings is 1. The fraction of sp³-hybridized carbons (Fsp3) is 0.318. The second-order valence-electron chi connectivity index (χ2n) is 6.97. The lowest BCUT2D eigenvalue weighted by atomic mass is 10.1. The Morgan fingerprint density at radius 1 is 1.03 bits per heavy atom. The van der Waals surface area contributed by atoms with Gasteiger partial charge in [-0.1, -0.05) is 6.07 Å². The molecule has 0 spiro atoms. The van der Waals surface area contributed by atoms with Crippen molar-refractivity contribution < 1.29 is 14.3 Å². The standard InChI is InChI=1S/C22H24N4O3S/c1-28-16-5-7-20(29-2)18(14-16)19-6-8-21(24-23-19)25-9-11-26(12-10-25)22(27)15-17-4-3-13-30-17/h3-8,13-14H,9-12,15H2,1-2H3. The minimum absolute atomic E-state index is 0.184. The van der Waals surface area contributed by atoms with E-state index in [1.807, 2.05) is 52.7 Å². The smallest absolute Gasteiger partial charge is 0.227 e. The quantitative estimate of drug-likeness (QED) is 0.606. The van der Waals surface area contributed by atoms with Gasteiger partial charge in [0.25, 0.3) is 0 Å². The molecule has 4 rings (SSSR count). The maximum absolute atomic E-state index is 12.5. The number of hydrogen-bond donors (Lipinski definition) is 0. The minimum Gasteiger partial charge on any atom is -0.497 e. The monoisotopic (exact) mass is 424 g/mol. The molecule has 8 heteroatoms. The van der Waals surface area contributed by atoms with Gasteiger partial charge < -0.3 is 19.3 Å². The largest absolute Gasteiger partial charge is 0.497 e. The summed E-state index contributed by atoms with van der Waals surface area (Å²) in [7, 11) is 3.26. The second kappa shape index (κ2) is 9.13. The van der Waals surface area contributed by atoms with E-state index >= 15 is 0 Å². The molecule has 30 heavy (non-hydrogen) atoms. The molecule has 0 unspecified atom stereocenters. The van der Waals surface area contributed by atoms with Crippen LogP contribution in [0.5, 0.6) is 11.5 Å². The maximum Gasteiger partial charge on any atom is 0.227 e. The summed E-state index contributed by atoms with van der Waals surface area (Å²) < 4.78 is 10.8. The minimum atomic E-state index is 0.184. The Morgan fingerprint density at radius 3 is 2.50 bits per heavy atom. The molecule has 0 saturated carbocycles. The number of thiophene rings is 1. The molecule has 0 radical (unpaired) electrons. The number of hydrogen-bond acceptors (Lipinski definition) is 7. The van der Waals surface area contributed by atoms with Crippen molar-refractivity contribution in [2.75, 3.05) is 45.3 Å². The third-order valence-corrected chi connectivity index (χ3v) is 6.07. The van der Waals surface area contributed by atoms with Gasteiger partial charge >= 0.3 is 0 Å². The van der Waals surface area contributed by atoms with Gasteiger partial charge in [0.15, 0.2) is 5.82 Å². The third kappa shape index (κ3) is 4.38. The zero-order chi connectivity index (χ0) is 20.9. The lowest BCUT2D eigenvalue weighted by Gasteiger charge is -2.35. The molecule has 0 bridgehead atoms. The van der Waals surface area contributed by atoms with Crippen molar-refractivity contribution in [1.82, 2.24) is 15.1 Å². The molecule has 1 aromatic carbocycles. The predicted molar refractivity (Wildman–Crippen MR) is 117 cm³/mol. The van der Waals surface area contributed by atoms with Crippen LogP contribution in [0.2, 0.25) is 0 Å². The zero-order valence-electron chi connectivity index (χ0n) is 17.1. The zero-order valence-corrected chi connectivity index (χ0v) is 17.9. The number of ether oxygens (including phenoxy) is 2. The summed E-state index contributed by atoms with van der Waals surface area (Å²) in [6.45, 7) is 2.87. The van der Waals surface area contributed by atoms with Gasteiger partial charge in [-0.05, 0) is 41.8 Å². The van der Waals surface area contributed by atoms with Crippen molar-refractivity contribution in [2.45, 2.75) is 6.42 Å². The van der Waals surface area contributed by atoms with Crippen LogP contribution in [0.4, 0.5) is 5.82 Å². The fourth-order valence-corrected chi connectivity index (χ4v) is 4.21. The summed E-state index contributed by atoms with van der Waals surface area (Å²) in [4.78, 5) is 17.7. The molecule has 1 amide bonds. The van der Waals surface area contributed by atoms with Gasteiger partial charge in [-0.3, -0.25) is 4.79 Å². The first kappa shape index (κ1) is 20.2. The van der Waals surface area contributed by atoms with Gasteiger partial charge in [-0.15, -0.1) is 21.5 Å². The normalized spacial score (nSPS) is 13.9. The molecular formula is C22H24N4O3S. The Balaban J connectivity index is 1.40. The van der Waals surface area contributed by atoms with Gasteiger partial charge in [-0.2, -0.15) is 0 Å². The van der Waals surface area contributed by atoms with Crippen LogP contribution in [0.1, 0.15) is 4.88 Å². The van der Waals surface area contributed by atoms with Crippen LogP contribution in [-0.2, 0) is 11.2 Å². The Morgan fingerprint density at radius 2 is 1.87 bits per heavy atom. The summed E-state index contributed by atoms with van der Waals surface area (Å²) in [6, 6.07) is 13.5. The SMILES string of the molecule is COc1ccc(OC)c(-c2ccc(N3CCN(C(=O)Cc4cccs4)CC3)nn2)c1. The molecule has 0 atom stereocenters. The van der Waals surface area contributed by atoms with Crippen LogP contribution in [0, 0.1) is 0 Å². The molecule has 0 aliphatic carbocycles. The van der Waals surface area contributed by atoms with Crippen LogP contribution in [0.3, 0.4) is 0 Å². The van der Waals surface area contributed by atoms with Gasteiger partial charge in [0.1, 0.15) is 11.5 Å². The summed E-state index contributed by atoms with van der Waals surface area (Å²) in [5.74, 6) is 2.45. The number of aromatic nitrogens is 2. The molecule has 1 aliphatic rings. The number of methoxy groups -OCH3 is 2. The predicted octanol–water partition coefficient (Wildman–Crippen LogP) is 3.11. The van der Waals surface area contributed by atoms with Gasteiger partial charge in [0, 0.05) is 36.6 Å². The fourth-order valence-electron chi connectivity index (χ4n) is 3.51. The maximum atomic E-state index is 12.5. The Kier molecular flexibility index (Phi) is 6.13. The molecule has 3 heterocycles. The first-order valence-corrected chi connectivity index (χ1v) is 10.7. The molecule has 1 saturated heterocycles. The number of carbonyl (C=O) groups excluding carboxylic acids is 1. The highest BCUT2D eigenvalue weighted by Gasteiger charge is 2.22. The van der Waals surface area contributed by atoms with Crippen molar-refractivity contribution in [3.05, 3.63) is 52.7 Å². The lowest BCUT2D eigenvalue weighted by molar-refractivity contribution is -0.130. The van der Waals surface area contributed by atoms with Crippen LogP contribution in [0.25, 0.3) is 11.3 Å². The summed E-state index contributed by atoms with van der Waals surface area (Å²) >= 11 is 1.62. The van der Waals surface area contributed by atoms with Crippen LogP contribution < -0.4 is 14.4 Å². The molecular weight excluding hydrogens is 400 g/mol. The summed E-state index contributed by atoms with van der Waals surface area (Å²) in [5.41, 5.74) is 1.55. The van der Waals surface area contributed by atoms with Crippen molar-refractivity contribution in [1.29, 1.82) is 0 Å². The molecule has 2 aromatic heterocycles. The Hall–Kier alpha value is -3.13. The molecule has 1 fully saturated rings. The van der Waals surface area contributed by atoms with Crippen molar-refractivity contribution in [2.24, 2.45) is 0 Å². The van der Waals surface area contributed by atoms with E-state index in [0.717, 1.165) is 46.5 Å². The molecule has 0 N–H and O–H groups in total. The number of nitrogens with zero attached hydrogens (tertiary/aromatic N) is 4. The van der Waals surface area contributed by atoms with E-state index in [2.05, 4.69) is 15.1 Å². The van der Waals surface area contributed by atoms with Crippen molar-refractivity contribution in [3.63, 3.8) is 0 Å². The lowest BCUT2D eigenvalue weighted by Crippen LogP contribution is -2.49. The van der Waals surface area contributed by atoms with Gasteiger partial charge in [-0.25, -0.2) is 0 Å². The Labute approximate surface area is 179 Å². The van der Waals surface area contributed by atoms with Gasteiger partial charge in [0.2, 0.25) is 5.91 Å². The van der Waals surface area contributed by atoms with Crippen LogP contribution >= 0.6 is 11.3 Å². The van der Waals surface area contributed by atoms with E-state index in [0.29, 0.717) is 19.5 Å². The summed E-state index contributed by atoms with van der Waals surface area (Å²) in [5, 5.41) is 10.8. The average Bonchev–Trinajstić information content (AvgIpc) is 3.32. The third-order valence-electron chi connectivity index (χ3n) is 5.19. The first-order chi connectivity index (χ1) is 14.7. The number of rotatable bonds is 6. The average molecular weight is 425 g/mol. The number of carbonyl (C=O) groups is 1. The second-order valence-corrected chi connectivity index (χ2v) is 8.00. The highest BCUT2D eigenvalue weighted by Crippen LogP contribution is 2.32. The Bertz CT molecular complexity index is 984. The van der Waals surface area contributed by atoms with Gasteiger partial charge in [0.05, 0.1) is 26.3 Å². The van der Waals surface area contributed by atoms with E-state index in [-0.39, 0.29) is 5.91 Å². The molecule has 7 nitrogen and oxygen atoms in total. The van der Waals surface area contributed by atoms with E-state index in [4.69, 9.17) is 9.47 Å². The van der Waals surface area contributed by atoms with Crippen LogP contribution in [0.15, 0.2) is 47.8 Å². The highest BCUT2D eigenvalue weighted by atomic mass is 32.1. The van der Waals surface area contributed by atoms with E-state index in [9.17, 15) is 4.79 Å². The van der Waals surface area contributed by atoms with E-state index in [1.54, 1.807) is 25.6 Å².